The van der Waals surface area contributed by atoms with Crippen LogP contribution in [0.4, 0.5) is 5.69 Å². The molecule has 1 atom stereocenters. The van der Waals surface area contributed by atoms with E-state index in [0.717, 1.165) is 0 Å². The molecule has 0 spiro atoms. The highest BCUT2D eigenvalue weighted by atomic mass is 16.6. The summed E-state index contributed by atoms with van der Waals surface area (Å²) in [5.74, 6) is -0.399. The third kappa shape index (κ3) is 2.23. The summed E-state index contributed by atoms with van der Waals surface area (Å²) in [7, 11) is 0. The SMILES string of the molecule is Cc1cc([C@@H](N)CN)c(O)c([N+](=O)[O-])c1. The van der Waals surface area contributed by atoms with Crippen molar-refractivity contribution in [3.05, 3.63) is 33.4 Å². The molecular weight excluding hydrogens is 198 g/mol. The molecule has 6 nitrogen and oxygen atoms in total. The lowest BCUT2D eigenvalue weighted by atomic mass is 10.0. The monoisotopic (exact) mass is 211 g/mol. The zero-order valence-electron chi connectivity index (χ0n) is 8.30. The van der Waals surface area contributed by atoms with Gasteiger partial charge >= 0.3 is 5.69 Å². The predicted octanol–water partition coefficient (Wildman–Crippen LogP) is 0.567. The molecule has 15 heavy (non-hydrogen) atoms. The molecule has 82 valence electrons. The Morgan fingerprint density at radius 1 is 1.60 bits per heavy atom. The van der Waals surface area contributed by atoms with Gasteiger partial charge in [-0.15, -0.1) is 0 Å². The van der Waals surface area contributed by atoms with E-state index < -0.39 is 16.7 Å². The molecule has 6 heteroatoms. The van der Waals surface area contributed by atoms with Crippen LogP contribution in [0.2, 0.25) is 0 Å². The Bertz CT molecular complexity index is 392. The van der Waals surface area contributed by atoms with Crippen LogP contribution < -0.4 is 11.5 Å². The summed E-state index contributed by atoms with van der Waals surface area (Å²) in [5.41, 5.74) is 11.6. The number of benzene rings is 1. The van der Waals surface area contributed by atoms with Crippen molar-refractivity contribution in [3.8, 4) is 5.75 Å². The number of aromatic hydroxyl groups is 1. The maximum atomic E-state index is 10.6. The summed E-state index contributed by atoms with van der Waals surface area (Å²) in [6.45, 7) is 1.81. The number of aryl methyl sites for hydroxylation is 1. The summed E-state index contributed by atoms with van der Waals surface area (Å²) < 4.78 is 0. The fourth-order valence-electron chi connectivity index (χ4n) is 1.34. The standard InChI is InChI=1S/C9H13N3O3/c1-5-2-6(7(11)4-10)9(13)8(3-5)12(14)15/h2-3,7,13H,4,10-11H2,1H3/t7-/m0/s1. The highest BCUT2D eigenvalue weighted by molar-refractivity contribution is 5.54. The molecule has 0 heterocycles. The van der Waals surface area contributed by atoms with E-state index in [4.69, 9.17) is 11.5 Å². The maximum absolute atomic E-state index is 10.6. The predicted molar refractivity (Wildman–Crippen MR) is 55.5 cm³/mol. The molecule has 0 fully saturated rings. The largest absolute Gasteiger partial charge is 0.502 e. The Labute approximate surface area is 86.7 Å². The van der Waals surface area contributed by atoms with Gasteiger partial charge in [-0.3, -0.25) is 10.1 Å². The van der Waals surface area contributed by atoms with Crippen molar-refractivity contribution in [2.45, 2.75) is 13.0 Å². The minimum Gasteiger partial charge on any atom is -0.502 e. The van der Waals surface area contributed by atoms with Gasteiger partial charge < -0.3 is 16.6 Å². The molecule has 0 radical (unpaired) electrons. The van der Waals surface area contributed by atoms with Crippen LogP contribution >= 0.6 is 0 Å². The lowest BCUT2D eigenvalue weighted by Gasteiger charge is -2.12. The van der Waals surface area contributed by atoms with Crippen molar-refractivity contribution in [1.82, 2.24) is 0 Å². The fourth-order valence-corrected chi connectivity index (χ4v) is 1.34. The molecule has 0 aliphatic heterocycles. The normalized spacial score (nSPS) is 12.5. The number of rotatable bonds is 3. The molecule has 1 rings (SSSR count). The van der Waals surface area contributed by atoms with Gasteiger partial charge in [-0.05, 0) is 12.5 Å². The fraction of sp³-hybridized carbons (Fsp3) is 0.333. The molecule has 0 saturated carbocycles. The van der Waals surface area contributed by atoms with Crippen LogP contribution in [0.3, 0.4) is 0 Å². The number of phenolic OH excluding ortho intramolecular Hbond substituents is 1. The Morgan fingerprint density at radius 3 is 2.67 bits per heavy atom. The number of nitro benzene ring substituents is 1. The van der Waals surface area contributed by atoms with E-state index in [9.17, 15) is 15.2 Å². The summed E-state index contributed by atoms with van der Waals surface area (Å²) in [6, 6.07) is 2.30. The molecular formula is C9H13N3O3. The van der Waals surface area contributed by atoms with E-state index >= 15 is 0 Å². The van der Waals surface area contributed by atoms with Crippen LogP contribution in [0.15, 0.2) is 12.1 Å². The van der Waals surface area contributed by atoms with Crippen molar-refractivity contribution >= 4 is 5.69 Å². The van der Waals surface area contributed by atoms with Gasteiger partial charge in [0, 0.05) is 24.2 Å². The molecule has 1 aromatic rings. The highest BCUT2D eigenvalue weighted by Gasteiger charge is 2.20. The summed E-state index contributed by atoms with van der Waals surface area (Å²) in [4.78, 5) is 9.97. The molecule has 0 bridgehead atoms. The zero-order chi connectivity index (χ0) is 11.6. The molecule has 5 N–H and O–H groups in total. The molecule has 0 amide bonds. The Hall–Kier alpha value is -1.66. The van der Waals surface area contributed by atoms with Gasteiger partial charge in [-0.1, -0.05) is 6.07 Å². The highest BCUT2D eigenvalue weighted by Crippen LogP contribution is 2.33. The minimum absolute atomic E-state index is 0.119. The first kappa shape index (κ1) is 11.4. The smallest absolute Gasteiger partial charge is 0.311 e. The second-order valence-corrected chi connectivity index (χ2v) is 3.32. The number of nitro groups is 1. The zero-order valence-corrected chi connectivity index (χ0v) is 8.30. The second kappa shape index (κ2) is 4.24. The first-order chi connectivity index (χ1) is 6.97. The van der Waals surface area contributed by atoms with Gasteiger partial charge in [0.15, 0.2) is 5.75 Å². The molecule has 0 aliphatic rings. The Balaban J connectivity index is 3.34. The lowest BCUT2D eigenvalue weighted by Crippen LogP contribution is -2.21. The average Bonchev–Trinajstić information content (AvgIpc) is 2.19. The lowest BCUT2D eigenvalue weighted by molar-refractivity contribution is -0.386. The Morgan fingerprint density at radius 2 is 2.20 bits per heavy atom. The van der Waals surface area contributed by atoms with E-state index in [-0.39, 0.29) is 12.2 Å². The minimum atomic E-state index is -0.644. The van der Waals surface area contributed by atoms with Crippen molar-refractivity contribution in [3.63, 3.8) is 0 Å². The summed E-state index contributed by atoms with van der Waals surface area (Å²) in [6.07, 6.45) is 0. The molecule has 0 aliphatic carbocycles. The van der Waals surface area contributed by atoms with E-state index in [1.54, 1.807) is 13.0 Å². The Kier molecular flexibility index (Phi) is 3.23. The number of phenols is 1. The van der Waals surface area contributed by atoms with E-state index in [0.29, 0.717) is 11.1 Å². The van der Waals surface area contributed by atoms with Crippen molar-refractivity contribution < 1.29 is 10.0 Å². The first-order valence-corrected chi connectivity index (χ1v) is 4.41. The van der Waals surface area contributed by atoms with Crippen molar-refractivity contribution in [2.75, 3.05) is 6.54 Å². The van der Waals surface area contributed by atoms with E-state index in [1.807, 2.05) is 0 Å². The molecule has 1 aromatic carbocycles. The quantitative estimate of drug-likeness (QED) is 0.499. The van der Waals surface area contributed by atoms with Crippen LogP contribution in [0, 0.1) is 17.0 Å². The third-order valence-corrected chi connectivity index (χ3v) is 2.11. The van der Waals surface area contributed by atoms with E-state index in [1.165, 1.54) is 6.07 Å². The van der Waals surface area contributed by atoms with Gasteiger partial charge in [0.05, 0.1) is 4.92 Å². The molecule has 0 aromatic heterocycles. The first-order valence-electron chi connectivity index (χ1n) is 4.41. The van der Waals surface area contributed by atoms with Crippen LogP contribution in [0.25, 0.3) is 0 Å². The van der Waals surface area contributed by atoms with Gasteiger partial charge in [0.25, 0.3) is 0 Å². The number of hydrogen-bond donors (Lipinski definition) is 3. The van der Waals surface area contributed by atoms with Gasteiger partial charge in [0.2, 0.25) is 0 Å². The summed E-state index contributed by atoms with van der Waals surface area (Å²) in [5, 5.41) is 20.2. The molecule has 0 unspecified atom stereocenters. The van der Waals surface area contributed by atoms with Gasteiger partial charge in [0.1, 0.15) is 0 Å². The number of hydrogen-bond acceptors (Lipinski definition) is 5. The van der Waals surface area contributed by atoms with Crippen LogP contribution in [0.5, 0.6) is 5.75 Å². The molecule has 0 saturated heterocycles. The van der Waals surface area contributed by atoms with Crippen LogP contribution in [0.1, 0.15) is 17.2 Å². The van der Waals surface area contributed by atoms with E-state index in [2.05, 4.69) is 0 Å². The third-order valence-electron chi connectivity index (χ3n) is 2.11. The second-order valence-electron chi connectivity index (χ2n) is 3.32. The average molecular weight is 211 g/mol. The topological polar surface area (TPSA) is 115 Å². The van der Waals surface area contributed by atoms with Gasteiger partial charge in [-0.2, -0.15) is 0 Å². The van der Waals surface area contributed by atoms with Crippen LogP contribution in [-0.4, -0.2) is 16.6 Å². The summed E-state index contributed by atoms with van der Waals surface area (Å²) >= 11 is 0. The maximum Gasteiger partial charge on any atom is 0.311 e. The van der Waals surface area contributed by atoms with Crippen LogP contribution in [-0.2, 0) is 0 Å². The number of nitrogens with two attached hydrogens (primary N) is 2. The van der Waals surface area contributed by atoms with Crippen molar-refractivity contribution in [2.24, 2.45) is 11.5 Å². The van der Waals surface area contributed by atoms with Gasteiger partial charge in [-0.25, -0.2) is 0 Å². The number of nitrogens with zero attached hydrogens (tertiary/aromatic N) is 1. The van der Waals surface area contributed by atoms with Crippen molar-refractivity contribution in [1.29, 1.82) is 0 Å².